The van der Waals surface area contributed by atoms with Crippen LogP contribution < -0.4 is 5.46 Å². The number of hydrogen-bond donors (Lipinski definition) is 1. The van der Waals surface area contributed by atoms with E-state index in [1.54, 1.807) is 0 Å². The highest BCUT2D eigenvalue weighted by Gasteiger charge is 2.53. The standard InChI is InChI=1S/C30H28BNO2/c1-29(2)30(3,4)34-31(33-29)27-21(20-12-6-5-7-13-20)15-10-16-23(27)25-18-11-17-24-22-14-8-9-19-26(22)32-28(24)25/h5-19,32H,1-4H3. The summed E-state index contributed by atoms with van der Waals surface area (Å²) in [5, 5.41) is 2.45. The van der Waals surface area contributed by atoms with Crippen LogP contribution in [0.25, 0.3) is 44.1 Å². The average Bonchev–Trinajstić information content (AvgIpc) is 3.32. The normalized spacial score (nSPS) is 17.0. The number of aromatic nitrogens is 1. The lowest BCUT2D eigenvalue weighted by Crippen LogP contribution is -2.41. The molecule has 1 aromatic heterocycles. The second-order valence-electron chi connectivity index (χ2n) is 10.1. The Morgan fingerprint density at radius 2 is 1.18 bits per heavy atom. The van der Waals surface area contributed by atoms with Crippen LogP contribution >= 0.6 is 0 Å². The van der Waals surface area contributed by atoms with E-state index in [2.05, 4.69) is 118 Å². The van der Waals surface area contributed by atoms with E-state index < -0.39 is 18.3 Å². The maximum Gasteiger partial charge on any atom is 0.496 e. The molecule has 34 heavy (non-hydrogen) atoms. The Balaban J connectivity index is 1.64. The van der Waals surface area contributed by atoms with Crippen LogP contribution in [-0.4, -0.2) is 23.3 Å². The lowest BCUT2D eigenvalue weighted by molar-refractivity contribution is 0.00578. The fourth-order valence-corrected chi connectivity index (χ4v) is 4.98. The van der Waals surface area contributed by atoms with Crippen LogP contribution in [0.5, 0.6) is 0 Å². The predicted molar refractivity (Wildman–Crippen MR) is 142 cm³/mol. The predicted octanol–water partition coefficient (Wildman–Crippen LogP) is 6.95. The van der Waals surface area contributed by atoms with Gasteiger partial charge in [0.2, 0.25) is 0 Å². The number of benzene rings is 4. The maximum atomic E-state index is 6.61. The molecule has 4 heteroatoms. The van der Waals surface area contributed by atoms with Gasteiger partial charge in [-0.3, -0.25) is 0 Å². The van der Waals surface area contributed by atoms with Crippen LogP contribution in [0.4, 0.5) is 0 Å². The number of H-pyrrole nitrogens is 1. The van der Waals surface area contributed by atoms with Crippen molar-refractivity contribution in [3.63, 3.8) is 0 Å². The monoisotopic (exact) mass is 445 g/mol. The highest BCUT2D eigenvalue weighted by atomic mass is 16.7. The molecule has 0 bridgehead atoms. The Morgan fingerprint density at radius 3 is 1.94 bits per heavy atom. The van der Waals surface area contributed by atoms with Crippen LogP contribution in [0.3, 0.4) is 0 Å². The van der Waals surface area contributed by atoms with Gasteiger partial charge in [-0.15, -0.1) is 0 Å². The van der Waals surface area contributed by atoms with Gasteiger partial charge in [-0.1, -0.05) is 84.9 Å². The van der Waals surface area contributed by atoms with Crippen molar-refractivity contribution in [2.75, 3.05) is 0 Å². The minimum atomic E-state index is -0.476. The summed E-state index contributed by atoms with van der Waals surface area (Å²) in [6, 6.07) is 32.0. The molecular formula is C30H28BNO2. The van der Waals surface area contributed by atoms with Crippen molar-refractivity contribution >= 4 is 34.4 Å². The molecule has 4 aromatic carbocycles. The Labute approximate surface area is 200 Å². The highest BCUT2D eigenvalue weighted by molar-refractivity contribution is 6.65. The van der Waals surface area contributed by atoms with Gasteiger partial charge in [-0.2, -0.15) is 0 Å². The molecule has 3 nitrogen and oxygen atoms in total. The molecule has 1 aliphatic rings. The van der Waals surface area contributed by atoms with Gasteiger partial charge < -0.3 is 14.3 Å². The second-order valence-corrected chi connectivity index (χ2v) is 10.1. The number of aromatic amines is 1. The summed E-state index contributed by atoms with van der Waals surface area (Å²) < 4.78 is 13.2. The first-order valence-corrected chi connectivity index (χ1v) is 11.9. The zero-order valence-corrected chi connectivity index (χ0v) is 20.1. The van der Waals surface area contributed by atoms with Crippen molar-refractivity contribution in [3.8, 4) is 22.3 Å². The molecule has 168 valence electrons. The third-order valence-electron chi connectivity index (χ3n) is 7.51. The quantitative estimate of drug-likeness (QED) is 0.305. The van der Waals surface area contributed by atoms with Crippen molar-refractivity contribution in [2.45, 2.75) is 38.9 Å². The Hall–Kier alpha value is -3.34. The van der Waals surface area contributed by atoms with Gasteiger partial charge in [-0.05, 0) is 55.9 Å². The Bertz CT molecular complexity index is 1500. The third kappa shape index (κ3) is 3.21. The molecule has 1 fully saturated rings. The first-order valence-electron chi connectivity index (χ1n) is 11.9. The van der Waals surface area contributed by atoms with E-state index >= 15 is 0 Å². The topological polar surface area (TPSA) is 34.2 Å². The lowest BCUT2D eigenvalue weighted by Gasteiger charge is -2.32. The molecule has 1 N–H and O–H groups in total. The fourth-order valence-electron chi connectivity index (χ4n) is 4.98. The van der Waals surface area contributed by atoms with E-state index in [0.717, 1.165) is 38.8 Å². The lowest BCUT2D eigenvalue weighted by atomic mass is 9.70. The summed E-state index contributed by atoms with van der Waals surface area (Å²) in [5.74, 6) is 0. The van der Waals surface area contributed by atoms with E-state index in [-0.39, 0.29) is 0 Å². The SMILES string of the molecule is CC1(C)OB(c2c(-c3ccccc3)cccc2-c2cccc3c2[nH]c2ccccc23)OC1(C)C. The molecule has 0 aliphatic carbocycles. The molecule has 0 saturated carbocycles. The number of nitrogens with one attached hydrogen (secondary N) is 1. The largest absolute Gasteiger partial charge is 0.496 e. The van der Waals surface area contributed by atoms with Crippen LogP contribution in [0, 0.1) is 0 Å². The minimum absolute atomic E-state index is 0.425. The summed E-state index contributed by atoms with van der Waals surface area (Å²) in [6.07, 6.45) is 0. The van der Waals surface area contributed by atoms with Crippen molar-refractivity contribution in [2.24, 2.45) is 0 Å². The zero-order chi connectivity index (χ0) is 23.5. The van der Waals surface area contributed by atoms with Gasteiger partial charge in [0.15, 0.2) is 0 Å². The highest BCUT2D eigenvalue weighted by Crippen LogP contribution is 2.40. The van der Waals surface area contributed by atoms with Gasteiger partial charge in [0, 0.05) is 21.9 Å². The van der Waals surface area contributed by atoms with Crippen molar-refractivity contribution in [3.05, 3.63) is 91.0 Å². The summed E-state index contributed by atoms with van der Waals surface area (Å²) in [6.45, 7) is 8.43. The molecule has 0 radical (unpaired) electrons. The zero-order valence-electron chi connectivity index (χ0n) is 20.1. The number of rotatable bonds is 3. The van der Waals surface area contributed by atoms with Crippen molar-refractivity contribution in [1.82, 2.24) is 4.98 Å². The van der Waals surface area contributed by atoms with Crippen molar-refractivity contribution in [1.29, 1.82) is 0 Å². The molecular weight excluding hydrogens is 417 g/mol. The van der Waals surface area contributed by atoms with Crippen LogP contribution in [-0.2, 0) is 9.31 Å². The van der Waals surface area contributed by atoms with E-state index in [4.69, 9.17) is 9.31 Å². The minimum Gasteiger partial charge on any atom is -0.399 e. The van der Waals surface area contributed by atoms with Gasteiger partial charge in [0.05, 0.1) is 16.7 Å². The first kappa shape index (κ1) is 21.2. The number of hydrogen-bond acceptors (Lipinski definition) is 2. The van der Waals surface area contributed by atoms with E-state index in [0.29, 0.717) is 0 Å². The molecule has 0 unspecified atom stereocenters. The van der Waals surface area contributed by atoms with E-state index in [1.807, 2.05) is 6.07 Å². The van der Waals surface area contributed by atoms with Gasteiger partial charge >= 0.3 is 7.12 Å². The first-order chi connectivity index (χ1) is 16.4. The molecule has 2 heterocycles. The Morgan fingerprint density at radius 1 is 0.588 bits per heavy atom. The molecule has 5 aromatic rings. The number of para-hydroxylation sites is 2. The van der Waals surface area contributed by atoms with Crippen LogP contribution in [0.1, 0.15) is 27.7 Å². The molecule has 0 atom stereocenters. The van der Waals surface area contributed by atoms with Crippen LogP contribution in [0.15, 0.2) is 91.0 Å². The summed E-state index contributed by atoms with van der Waals surface area (Å²) in [5.41, 5.74) is 7.04. The smallest absolute Gasteiger partial charge is 0.399 e. The molecule has 6 rings (SSSR count). The van der Waals surface area contributed by atoms with E-state index in [1.165, 1.54) is 10.8 Å². The van der Waals surface area contributed by atoms with E-state index in [9.17, 15) is 0 Å². The van der Waals surface area contributed by atoms with Gasteiger partial charge in [-0.25, -0.2) is 0 Å². The van der Waals surface area contributed by atoms with Crippen molar-refractivity contribution < 1.29 is 9.31 Å². The second kappa shape index (κ2) is 7.59. The summed E-state index contributed by atoms with van der Waals surface area (Å²) >= 11 is 0. The summed E-state index contributed by atoms with van der Waals surface area (Å²) in [4.78, 5) is 3.67. The van der Waals surface area contributed by atoms with Gasteiger partial charge in [0.1, 0.15) is 0 Å². The average molecular weight is 445 g/mol. The summed E-state index contributed by atoms with van der Waals surface area (Å²) in [7, 11) is -0.476. The van der Waals surface area contributed by atoms with Gasteiger partial charge in [0.25, 0.3) is 0 Å². The molecule has 1 aliphatic heterocycles. The fraction of sp³-hybridized carbons (Fsp3) is 0.200. The maximum absolute atomic E-state index is 6.61. The third-order valence-corrected chi connectivity index (χ3v) is 7.51. The van der Waals surface area contributed by atoms with Crippen LogP contribution in [0.2, 0.25) is 0 Å². The molecule has 0 amide bonds. The number of fused-ring (bicyclic) bond motifs is 3. The molecule has 0 spiro atoms. The molecule has 1 saturated heterocycles. The Kier molecular flexibility index (Phi) is 4.74.